The number of sulfonamides is 1. The fourth-order valence-corrected chi connectivity index (χ4v) is 5.69. The fraction of sp³-hybridized carbons (Fsp3) is 0.385. The minimum absolute atomic E-state index is 0.129. The highest BCUT2D eigenvalue weighted by Crippen LogP contribution is 2.32. The summed E-state index contributed by atoms with van der Waals surface area (Å²) in [5.41, 5.74) is 3.16. The average Bonchev–Trinajstić information content (AvgIpc) is 2.85. The molecule has 0 bridgehead atoms. The normalized spacial score (nSPS) is 14.8. The Morgan fingerprint density at radius 2 is 1.60 bits per heavy atom. The second-order valence-corrected chi connectivity index (χ2v) is 10.4. The summed E-state index contributed by atoms with van der Waals surface area (Å²) in [6.07, 6.45) is 0. The molecule has 2 heterocycles. The molecular formula is C26H31N3O5S. The van der Waals surface area contributed by atoms with E-state index in [4.69, 9.17) is 9.47 Å². The van der Waals surface area contributed by atoms with Crippen molar-refractivity contribution in [1.29, 1.82) is 0 Å². The number of nitrogens with zero attached hydrogens (tertiary/aromatic N) is 3. The molecule has 0 saturated carbocycles. The van der Waals surface area contributed by atoms with Crippen molar-refractivity contribution in [2.24, 2.45) is 0 Å². The molecule has 35 heavy (non-hydrogen) atoms. The third-order valence-electron chi connectivity index (χ3n) is 6.07. The standard InChI is InChI=1S/C26H31N3O5S/c1-5-33-24-10-8-21(17-25(24)34-6-2)35(31,32)29-13-11-28(12-14-29)26(30)22-16-20-15-18(3)7-9-23(20)27-19(22)4/h7-10,15-17H,5-6,11-14H2,1-4H3. The molecule has 0 spiro atoms. The summed E-state index contributed by atoms with van der Waals surface area (Å²) in [6, 6.07) is 12.5. The Morgan fingerprint density at radius 1 is 0.914 bits per heavy atom. The van der Waals surface area contributed by atoms with Gasteiger partial charge in [0.1, 0.15) is 0 Å². The topological polar surface area (TPSA) is 89.0 Å². The number of aromatic nitrogens is 1. The number of fused-ring (bicyclic) bond motifs is 1. The van der Waals surface area contributed by atoms with Gasteiger partial charge in [-0.3, -0.25) is 9.78 Å². The van der Waals surface area contributed by atoms with Crippen molar-refractivity contribution in [3.8, 4) is 11.5 Å². The molecule has 3 aromatic rings. The number of aryl methyl sites for hydroxylation is 2. The van der Waals surface area contributed by atoms with Gasteiger partial charge in [0.25, 0.3) is 5.91 Å². The first-order chi connectivity index (χ1) is 16.7. The maximum Gasteiger partial charge on any atom is 0.255 e. The number of benzene rings is 2. The van der Waals surface area contributed by atoms with Gasteiger partial charge in [-0.2, -0.15) is 4.31 Å². The quantitative estimate of drug-likeness (QED) is 0.493. The third-order valence-corrected chi connectivity index (χ3v) is 7.96. The summed E-state index contributed by atoms with van der Waals surface area (Å²) >= 11 is 0. The van der Waals surface area contributed by atoms with Crippen molar-refractivity contribution in [1.82, 2.24) is 14.2 Å². The Kier molecular flexibility index (Phi) is 7.28. The molecule has 1 saturated heterocycles. The van der Waals surface area contributed by atoms with Crippen LogP contribution in [-0.4, -0.2) is 67.9 Å². The molecular weight excluding hydrogens is 466 g/mol. The van der Waals surface area contributed by atoms with Gasteiger partial charge < -0.3 is 14.4 Å². The first-order valence-electron chi connectivity index (χ1n) is 11.8. The van der Waals surface area contributed by atoms with Gasteiger partial charge in [-0.1, -0.05) is 11.6 Å². The van der Waals surface area contributed by atoms with Crippen LogP contribution < -0.4 is 9.47 Å². The Hall–Kier alpha value is -3.17. The monoisotopic (exact) mass is 497 g/mol. The van der Waals surface area contributed by atoms with Crippen LogP contribution in [0.4, 0.5) is 0 Å². The van der Waals surface area contributed by atoms with E-state index in [2.05, 4.69) is 4.98 Å². The van der Waals surface area contributed by atoms with E-state index in [1.807, 2.05) is 52.0 Å². The van der Waals surface area contributed by atoms with Gasteiger partial charge in [-0.05, 0) is 58.0 Å². The van der Waals surface area contributed by atoms with Crippen molar-refractivity contribution < 1.29 is 22.7 Å². The summed E-state index contributed by atoms with van der Waals surface area (Å²) in [6.45, 7) is 9.41. The first-order valence-corrected chi connectivity index (χ1v) is 13.3. The highest BCUT2D eigenvalue weighted by atomic mass is 32.2. The maximum atomic E-state index is 13.3. The van der Waals surface area contributed by atoms with Crippen LogP contribution in [0.1, 0.15) is 35.5 Å². The molecule has 1 amide bonds. The highest BCUT2D eigenvalue weighted by molar-refractivity contribution is 7.89. The molecule has 0 aliphatic carbocycles. The van der Waals surface area contributed by atoms with Crippen molar-refractivity contribution in [2.45, 2.75) is 32.6 Å². The number of pyridine rings is 1. The van der Waals surface area contributed by atoms with Gasteiger partial charge in [0.15, 0.2) is 11.5 Å². The molecule has 1 fully saturated rings. The van der Waals surface area contributed by atoms with Crippen LogP contribution in [0.2, 0.25) is 0 Å². The maximum absolute atomic E-state index is 13.3. The number of hydrogen-bond donors (Lipinski definition) is 0. The molecule has 0 radical (unpaired) electrons. The third kappa shape index (κ3) is 5.11. The van der Waals surface area contributed by atoms with E-state index in [-0.39, 0.29) is 23.9 Å². The number of hydrogen-bond acceptors (Lipinski definition) is 6. The smallest absolute Gasteiger partial charge is 0.255 e. The largest absolute Gasteiger partial charge is 0.490 e. The molecule has 8 nitrogen and oxygen atoms in total. The molecule has 0 N–H and O–H groups in total. The van der Waals surface area contributed by atoms with E-state index in [0.29, 0.717) is 49.1 Å². The van der Waals surface area contributed by atoms with Gasteiger partial charge in [0, 0.05) is 37.6 Å². The van der Waals surface area contributed by atoms with Gasteiger partial charge in [-0.25, -0.2) is 8.42 Å². The van der Waals surface area contributed by atoms with Gasteiger partial charge >= 0.3 is 0 Å². The van der Waals surface area contributed by atoms with Crippen molar-refractivity contribution >= 4 is 26.8 Å². The zero-order valence-electron chi connectivity index (χ0n) is 20.6. The number of carbonyl (C=O) groups excluding carboxylic acids is 1. The number of amides is 1. The predicted octanol–water partition coefficient (Wildman–Crippen LogP) is 3.80. The van der Waals surface area contributed by atoms with Crippen LogP contribution in [0.25, 0.3) is 10.9 Å². The SMILES string of the molecule is CCOc1ccc(S(=O)(=O)N2CCN(C(=O)c3cc4cc(C)ccc4nc3C)CC2)cc1OCC. The summed E-state index contributed by atoms with van der Waals surface area (Å²) in [5, 5.41) is 0.917. The van der Waals surface area contributed by atoms with E-state index in [1.54, 1.807) is 11.0 Å². The number of ether oxygens (including phenoxy) is 2. The summed E-state index contributed by atoms with van der Waals surface area (Å²) in [7, 11) is -3.74. The van der Waals surface area contributed by atoms with Crippen LogP contribution >= 0.6 is 0 Å². The molecule has 186 valence electrons. The Morgan fingerprint density at radius 3 is 2.29 bits per heavy atom. The summed E-state index contributed by atoms with van der Waals surface area (Å²) in [4.78, 5) is 19.7. The lowest BCUT2D eigenvalue weighted by Gasteiger charge is -2.34. The second kappa shape index (κ2) is 10.2. The molecule has 0 unspecified atom stereocenters. The van der Waals surface area contributed by atoms with Crippen molar-refractivity contribution in [3.63, 3.8) is 0 Å². The zero-order chi connectivity index (χ0) is 25.2. The lowest BCUT2D eigenvalue weighted by atomic mass is 10.1. The van der Waals surface area contributed by atoms with E-state index in [0.717, 1.165) is 16.5 Å². The van der Waals surface area contributed by atoms with Crippen LogP contribution in [0.5, 0.6) is 11.5 Å². The van der Waals surface area contributed by atoms with Crippen molar-refractivity contribution in [3.05, 3.63) is 59.3 Å². The fourth-order valence-electron chi connectivity index (χ4n) is 4.25. The van der Waals surface area contributed by atoms with Gasteiger partial charge in [-0.15, -0.1) is 0 Å². The number of carbonyl (C=O) groups is 1. The van der Waals surface area contributed by atoms with Crippen molar-refractivity contribution in [2.75, 3.05) is 39.4 Å². The predicted molar refractivity (Wildman–Crippen MR) is 135 cm³/mol. The molecule has 9 heteroatoms. The van der Waals surface area contributed by atoms with Crippen LogP contribution in [0.15, 0.2) is 47.4 Å². The summed E-state index contributed by atoms with van der Waals surface area (Å²) in [5.74, 6) is 0.784. The van der Waals surface area contributed by atoms with Gasteiger partial charge in [0.2, 0.25) is 10.0 Å². The van der Waals surface area contributed by atoms with Gasteiger partial charge in [0.05, 0.1) is 34.9 Å². The first kappa shape index (κ1) is 24.9. The highest BCUT2D eigenvalue weighted by Gasteiger charge is 2.31. The van der Waals surface area contributed by atoms with E-state index in [9.17, 15) is 13.2 Å². The Labute approximate surface area is 206 Å². The van der Waals surface area contributed by atoms with E-state index < -0.39 is 10.0 Å². The minimum atomic E-state index is -3.74. The molecule has 2 aromatic carbocycles. The lowest BCUT2D eigenvalue weighted by Crippen LogP contribution is -2.50. The Bertz CT molecular complexity index is 1350. The van der Waals surface area contributed by atoms with E-state index >= 15 is 0 Å². The average molecular weight is 498 g/mol. The molecule has 0 atom stereocenters. The molecule has 1 aliphatic heterocycles. The Balaban J connectivity index is 1.50. The number of rotatable bonds is 7. The van der Waals surface area contributed by atoms with Crippen LogP contribution in [0.3, 0.4) is 0 Å². The second-order valence-electron chi connectivity index (χ2n) is 8.49. The minimum Gasteiger partial charge on any atom is -0.490 e. The summed E-state index contributed by atoms with van der Waals surface area (Å²) < 4.78 is 39.2. The van der Waals surface area contributed by atoms with Crippen LogP contribution in [-0.2, 0) is 10.0 Å². The number of piperazine rings is 1. The van der Waals surface area contributed by atoms with E-state index in [1.165, 1.54) is 16.4 Å². The van der Waals surface area contributed by atoms with Crippen LogP contribution in [0, 0.1) is 13.8 Å². The molecule has 1 aliphatic rings. The lowest BCUT2D eigenvalue weighted by molar-refractivity contribution is 0.0697. The molecule has 4 rings (SSSR count). The zero-order valence-corrected chi connectivity index (χ0v) is 21.4. The molecule has 1 aromatic heterocycles.